The van der Waals surface area contributed by atoms with Crippen LogP contribution in [0.4, 0.5) is 5.69 Å². The van der Waals surface area contributed by atoms with Crippen molar-refractivity contribution in [2.75, 3.05) is 32.6 Å². The lowest BCUT2D eigenvalue weighted by molar-refractivity contribution is -0.141. The summed E-state index contributed by atoms with van der Waals surface area (Å²) in [5, 5.41) is 2.79. The number of benzene rings is 1. The molecule has 0 fully saturated rings. The molecule has 0 heterocycles. The first-order chi connectivity index (χ1) is 8.52. The number of ether oxygens (including phenoxy) is 1. The lowest BCUT2D eigenvalue weighted by Gasteiger charge is -2.15. The number of para-hydroxylation sites is 1. The molecule has 0 aromatic heterocycles. The van der Waals surface area contributed by atoms with Crippen molar-refractivity contribution >= 4 is 40.2 Å². The highest BCUT2D eigenvalue weighted by molar-refractivity contribution is 14.1. The van der Waals surface area contributed by atoms with E-state index in [1.54, 1.807) is 11.9 Å². The Labute approximate surface area is 120 Å². The van der Waals surface area contributed by atoms with Crippen molar-refractivity contribution in [2.24, 2.45) is 0 Å². The van der Waals surface area contributed by atoms with Gasteiger partial charge < -0.3 is 10.1 Å². The van der Waals surface area contributed by atoms with E-state index in [4.69, 9.17) is 0 Å². The van der Waals surface area contributed by atoms with Crippen molar-refractivity contribution in [2.45, 2.75) is 0 Å². The quantitative estimate of drug-likeness (QED) is 0.635. The molecule has 18 heavy (non-hydrogen) atoms. The van der Waals surface area contributed by atoms with Crippen LogP contribution in [-0.4, -0.2) is 44.0 Å². The molecule has 0 bridgehead atoms. The van der Waals surface area contributed by atoms with Crippen LogP contribution in [0.25, 0.3) is 0 Å². The van der Waals surface area contributed by atoms with Crippen molar-refractivity contribution in [1.82, 2.24) is 4.90 Å². The summed E-state index contributed by atoms with van der Waals surface area (Å²) in [4.78, 5) is 24.4. The number of nitrogens with zero attached hydrogens (tertiary/aromatic N) is 1. The fourth-order valence-corrected chi connectivity index (χ4v) is 1.86. The first kappa shape index (κ1) is 14.9. The largest absolute Gasteiger partial charge is 0.468 e. The molecule has 1 aromatic rings. The van der Waals surface area contributed by atoms with Crippen LogP contribution in [0.15, 0.2) is 24.3 Å². The van der Waals surface area contributed by atoms with E-state index >= 15 is 0 Å². The van der Waals surface area contributed by atoms with E-state index in [1.165, 1.54) is 7.11 Å². The summed E-state index contributed by atoms with van der Waals surface area (Å²) < 4.78 is 5.50. The smallest absolute Gasteiger partial charge is 0.319 e. The summed E-state index contributed by atoms with van der Waals surface area (Å²) in [7, 11) is 3.01. The molecule has 0 aliphatic heterocycles. The van der Waals surface area contributed by atoms with Crippen LogP contribution >= 0.6 is 22.6 Å². The monoisotopic (exact) mass is 362 g/mol. The molecule has 0 saturated heterocycles. The number of esters is 1. The Bertz CT molecular complexity index is 437. The maximum Gasteiger partial charge on any atom is 0.319 e. The van der Waals surface area contributed by atoms with Gasteiger partial charge in [0.25, 0.3) is 0 Å². The minimum atomic E-state index is -0.361. The van der Waals surface area contributed by atoms with Crippen molar-refractivity contribution in [3.05, 3.63) is 27.8 Å². The Morgan fingerprint density at radius 2 is 2.00 bits per heavy atom. The number of carbonyl (C=O) groups excluding carboxylic acids is 2. The van der Waals surface area contributed by atoms with E-state index in [0.717, 1.165) is 9.26 Å². The number of halogens is 1. The summed E-state index contributed by atoms with van der Waals surface area (Å²) in [5.74, 6) is -0.523. The molecule has 0 aliphatic rings. The van der Waals surface area contributed by atoms with Gasteiger partial charge in [-0.25, -0.2) is 0 Å². The van der Waals surface area contributed by atoms with E-state index in [2.05, 4.69) is 32.6 Å². The van der Waals surface area contributed by atoms with E-state index in [9.17, 15) is 9.59 Å². The molecule has 0 saturated carbocycles. The van der Waals surface area contributed by atoms with Crippen molar-refractivity contribution in [3.8, 4) is 0 Å². The molecule has 5 nitrogen and oxygen atoms in total. The van der Waals surface area contributed by atoms with E-state index < -0.39 is 0 Å². The Morgan fingerprint density at radius 1 is 1.33 bits per heavy atom. The summed E-state index contributed by atoms with van der Waals surface area (Å²) >= 11 is 2.15. The lowest BCUT2D eigenvalue weighted by atomic mass is 10.3. The third-order valence-corrected chi connectivity index (χ3v) is 3.13. The normalized spacial score (nSPS) is 10.2. The SMILES string of the molecule is COC(=O)CN(C)CC(=O)Nc1ccccc1I. The molecule has 1 amide bonds. The minimum absolute atomic E-state index is 0.0931. The molecule has 6 heteroatoms. The highest BCUT2D eigenvalue weighted by atomic mass is 127. The van der Waals surface area contributed by atoms with Gasteiger partial charge >= 0.3 is 5.97 Å². The van der Waals surface area contributed by atoms with Gasteiger partial charge in [0.1, 0.15) is 0 Å². The maximum atomic E-state index is 11.7. The standard InChI is InChI=1S/C12H15IN2O3/c1-15(8-12(17)18-2)7-11(16)14-10-6-4-3-5-9(10)13/h3-6H,7-8H2,1-2H3,(H,14,16). The van der Waals surface area contributed by atoms with Crippen LogP contribution in [0, 0.1) is 3.57 Å². The molecular weight excluding hydrogens is 347 g/mol. The lowest BCUT2D eigenvalue weighted by Crippen LogP contribution is -2.34. The van der Waals surface area contributed by atoms with Gasteiger partial charge in [0.2, 0.25) is 5.91 Å². The third kappa shape index (κ3) is 5.01. The van der Waals surface area contributed by atoms with Crippen molar-refractivity contribution in [3.63, 3.8) is 0 Å². The zero-order valence-corrected chi connectivity index (χ0v) is 12.4. The van der Waals surface area contributed by atoms with Crippen LogP contribution in [0.2, 0.25) is 0 Å². The number of hydrogen-bond acceptors (Lipinski definition) is 4. The highest BCUT2D eigenvalue weighted by Gasteiger charge is 2.11. The molecular formula is C12H15IN2O3. The van der Waals surface area contributed by atoms with Gasteiger partial charge in [-0.2, -0.15) is 0 Å². The molecule has 0 spiro atoms. The summed E-state index contributed by atoms with van der Waals surface area (Å²) in [6, 6.07) is 7.51. The van der Waals surface area contributed by atoms with Gasteiger partial charge in [0.05, 0.1) is 25.9 Å². The average molecular weight is 362 g/mol. The second kappa shape index (κ2) is 7.32. The zero-order valence-electron chi connectivity index (χ0n) is 10.3. The van der Waals surface area contributed by atoms with Crippen molar-refractivity contribution < 1.29 is 14.3 Å². The van der Waals surface area contributed by atoms with E-state index in [1.807, 2.05) is 24.3 Å². The predicted molar refractivity (Wildman–Crippen MR) is 77.3 cm³/mol. The molecule has 0 atom stereocenters. The molecule has 1 N–H and O–H groups in total. The summed E-state index contributed by atoms with van der Waals surface area (Å²) in [6.45, 7) is 0.232. The number of rotatable bonds is 5. The number of likely N-dealkylation sites (N-methyl/N-ethyl adjacent to an activating group) is 1. The fourth-order valence-electron chi connectivity index (χ4n) is 1.34. The van der Waals surface area contributed by atoms with Crippen LogP contribution in [0.3, 0.4) is 0 Å². The van der Waals surface area contributed by atoms with Crippen LogP contribution < -0.4 is 5.32 Å². The number of amides is 1. The summed E-state index contributed by atoms with van der Waals surface area (Å²) in [5.41, 5.74) is 0.773. The Kier molecular flexibility index (Phi) is 6.06. The van der Waals surface area contributed by atoms with Crippen LogP contribution in [0.5, 0.6) is 0 Å². The predicted octanol–water partition coefficient (Wildman–Crippen LogP) is 1.33. The van der Waals surface area contributed by atoms with Gasteiger partial charge in [-0.05, 0) is 41.8 Å². The fraction of sp³-hybridized carbons (Fsp3) is 0.333. The highest BCUT2D eigenvalue weighted by Crippen LogP contribution is 2.16. The topological polar surface area (TPSA) is 58.6 Å². The third-order valence-electron chi connectivity index (χ3n) is 2.19. The Balaban J connectivity index is 2.47. The van der Waals surface area contributed by atoms with Gasteiger partial charge in [0, 0.05) is 3.57 Å². The van der Waals surface area contributed by atoms with Gasteiger partial charge in [-0.3, -0.25) is 14.5 Å². The maximum absolute atomic E-state index is 11.7. The first-order valence-corrected chi connectivity index (χ1v) is 6.40. The zero-order chi connectivity index (χ0) is 13.5. The number of carbonyl (C=O) groups is 2. The minimum Gasteiger partial charge on any atom is -0.468 e. The average Bonchev–Trinajstić information content (AvgIpc) is 2.31. The second-order valence-corrected chi connectivity index (χ2v) is 4.94. The Morgan fingerprint density at radius 3 is 2.61 bits per heavy atom. The van der Waals surface area contributed by atoms with Gasteiger partial charge in [-0.1, -0.05) is 12.1 Å². The Hall–Kier alpha value is -1.15. The number of nitrogens with one attached hydrogen (secondary N) is 1. The number of hydrogen-bond donors (Lipinski definition) is 1. The van der Waals surface area contributed by atoms with Crippen LogP contribution in [-0.2, 0) is 14.3 Å². The molecule has 0 unspecified atom stereocenters. The van der Waals surface area contributed by atoms with E-state index in [0.29, 0.717) is 0 Å². The second-order valence-electron chi connectivity index (χ2n) is 3.78. The summed E-state index contributed by atoms with van der Waals surface area (Å²) in [6.07, 6.45) is 0. The molecule has 1 aromatic carbocycles. The molecule has 98 valence electrons. The van der Waals surface area contributed by atoms with Crippen LogP contribution in [0.1, 0.15) is 0 Å². The van der Waals surface area contributed by atoms with Crippen molar-refractivity contribution in [1.29, 1.82) is 0 Å². The van der Waals surface area contributed by atoms with Gasteiger partial charge in [0.15, 0.2) is 0 Å². The van der Waals surface area contributed by atoms with E-state index in [-0.39, 0.29) is 25.0 Å². The number of methoxy groups -OCH3 is 1. The first-order valence-electron chi connectivity index (χ1n) is 5.32. The van der Waals surface area contributed by atoms with Gasteiger partial charge in [-0.15, -0.1) is 0 Å². The molecule has 0 radical (unpaired) electrons. The molecule has 1 rings (SSSR count). The number of anilines is 1. The molecule has 0 aliphatic carbocycles.